The Labute approximate surface area is 104 Å². The van der Waals surface area contributed by atoms with Crippen LogP contribution >= 0.6 is 0 Å². The highest BCUT2D eigenvalue weighted by Gasteiger charge is 2.48. The molecule has 102 valence electrons. The lowest BCUT2D eigenvalue weighted by atomic mass is 10.1. The van der Waals surface area contributed by atoms with Crippen molar-refractivity contribution in [2.75, 3.05) is 0 Å². The smallest absolute Gasteiger partial charge is 0.346 e. The molecule has 0 unspecified atom stereocenters. The average molecular weight is 278 g/mol. The van der Waals surface area contributed by atoms with Crippen LogP contribution in [0.3, 0.4) is 0 Å². The van der Waals surface area contributed by atoms with Gasteiger partial charge in [0.25, 0.3) is 5.91 Å². The van der Waals surface area contributed by atoms with Gasteiger partial charge in [-0.2, -0.15) is 14.0 Å². The number of halogens is 5. The predicted molar refractivity (Wildman–Crippen MR) is 53.9 cm³/mol. The van der Waals surface area contributed by atoms with Gasteiger partial charge in [0.15, 0.2) is 0 Å². The molecule has 19 heavy (non-hydrogen) atoms. The summed E-state index contributed by atoms with van der Waals surface area (Å²) in [5, 5.41) is 9.98. The molecule has 0 radical (unpaired) electrons. The van der Waals surface area contributed by atoms with Crippen molar-refractivity contribution in [1.82, 2.24) is 5.32 Å². The van der Waals surface area contributed by atoms with Gasteiger partial charge in [0.1, 0.15) is 5.82 Å². The van der Waals surface area contributed by atoms with Gasteiger partial charge in [-0.15, -0.1) is 0 Å². The minimum Gasteiger partial charge on any atom is -0.346 e. The standard InChI is InChI=1S/C11H7F5N2O/c12-8-3-6(4-17)1-2-7(8)5-18-10(19)11(15,16)9(13)14/h1-3,9H,5H2,(H,18,19). The molecule has 0 spiro atoms. The number of benzene rings is 1. The van der Waals surface area contributed by atoms with E-state index in [4.69, 9.17) is 5.26 Å². The Balaban J connectivity index is 2.73. The molecule has 0 saturated heterocycles. The summed E-state index contributed by atoms with van der Waals surface area (Å²) in [5.74, 6) is -7.92. The topological polar surface area (TPSA) is 52.9 Å². The summed E-state index contributed by atoms with van der Waals surface area (Å²) in [6.45, 7) is -0.682. The van der Waals surface area contributed by atoms with Crippen LogP contribution in [0.2, 0.25) is 0 Å². The molecule has 0 saturated carbocycles. The summed E-state index contributed by atoms with van der Waals surface area (Å²) in [7, 11) is 0. The zero-order valence-electron chi connectivity index (χ0n) is 9.26. The first kappa shape index (κ1) is 14.9. The molecule has 0 aliphatic rings. The quantitative estimate of drug-likeness (QED) is 0.858. The number of alkyl halides is 4. The molecule has 1 aromatic rings. The van der Waals surface area contributed by atoms with E-state index in [1.807, 2.05) is 0 Å². The van der Waals surface area contributed by atoms with Crippen LogP contribution in [-0.4, -0.2) is 18.3 Å². The van der Waals surface area contributed by atoms with Crippen molar-refractivity contribution in [3.8, 4) is 6.07 Å². The predicted octanol–water partition coefficient (Wildman–Crippen LogP) is 2.21. The molecule has 0 fully saturated rings. The van der Waals surface area contributed by atoms with E-state index in [2.05, 4.69) is 0 Å². The van der Waals surface area contributed by atoms with Crippen molar-refractivity contribution < 1.29 is 26.7 Å². The molecular formula is C11H7F5N2O. The molecule has 8 heteroatoms. The van der Waals surface area contributed by atoms with E-state index in [1.54, 1.807) is 6.07 Å². The largest absolute Gasteiger partial charge is 0.383 e. The lowest BCUT2D eigenvalue weighted by Crippen LogP contribution is -2.44. The van der Waals surface area contributed by atoms with Crippen LogP contribution in [0, 0.1) is 17.1 Å². The highest BCUT2D eigenvalue weighted by Crippen LogP contribution is 2.23. The Kier molecular flexibility index (Phi) is 4.43. The SMILES string of the molecule is N#Cc1ccc(CNC(=O)C(F)(F)C(F)F)c(F)c1. The number of rotatable bonds is 4. The molecule has 0 bridgehead atoms. The Morgan fingerprint density at radius 1 is 1.42 bits per heavy atom. The van der Waals surface area contributed by atoms with Gasteiger partial charge in [0.05, 0.1) is 11.6 Å². The summed E-state index contributed by atoms with van der Waals surface area (Å²) in [4.78, 5) is 10.8. The fraction of sp³-hybridized carbons (Fsp3) is 0.273. The van der Waals surface area contributed by atoms with E-state index in [-0.39, 0.29) is 11.1 Å². The third-order valence-corrected chi connectivity index (χ3v) is 2.20. The molecule has 1 rings (SSSR count). The Morgan fingerprint density at radius 3 is 2.53 bits per heavy atom. The number of carbonyl (C=O) groups is 1. The minimum atomic E-state index is -4.83. The summed E-state index contributed by atoms with van der Waals surface area (Å²) in [6, 6.07) is 4.79. The van der Waals surface area contributed by atoms with Crippen molar-refractivity contribution in [1.29, 1.82) is 5.26 Å². The van der Waals surface area contributed by atoms with Crippen molar-refractivity contribution >= 4 is 5.91 Å². The van der Waals surface area contributed by atoms with Crippen molar-refractivity contribution in [2.45, 2.75) is 18.9 Å². The number of amides is 1. The second-order valence-corrected chi connectivity index (χ2v) is 3.52. The van der Waals surface area contributed by atoms with E-state index in [0.29, 0.717) is 0 Å². The van der Waals surface area contributed by atoms with Crippen molar-refractivity contribution in [3.63, 3.8) is 0 Å². The van der Waals surface area contributed by atoms with E-state index in [0.717, 1.165) is 12.1 Å². The fourth-order valence-corrected chi connectivity index (χ4v) is 1.15. The van der Waals surface area contributed by atoms with Gasteiger partial charge < -0.3 is 5.32 Å². The third kappa shape index (κ3) is 3.40. The van der Waals surface area contributed by atoms with Gasteiger partial charge >= 0.3 is 12.3 Å². The average Bonchev–Trinajstić information content (AvgIpc) is 2.36. The molecule has 0 heterocycles. The first-order valence-corrected chi connectivity index (χ1v) is 4.91. The Morgan fingerprint density at radius 2 is 2.05 bits per heavy atom. The van der Waals surface area contributed by atoms with E-state index in [1.165, 1.54) is 11.4 Å². The molecule has 0 aromatic heterocycles. The summed E-state index contributed by atoms with van der Waals surface area (Å²) >= 11 is 0. The lowest BCUT2D eigenvalue weighted by Gasteiger charge is -2.14. The van der Waals surface area contributed by atoms with Crippen LogP contribution in [0.15, 0.2) is 18.2 Å². The van der Waals surface area contributed by atoms with E-state index < -0.39 is 30.6 Å². The van der Waals surface area contributed by atoms with Crippen LogP contribution in [0.25, 0.3) is 0 Å². The van der Waals surface area contributed by atoms with E-state index >= 15 is 0 Å². The number of hydrogen-bond acceptors (Lipinski definition) is 2. The molecule has 3 nitrogen and oxygen atoms in total. The first-order chi connectivity index (χ1) is 8.78. The number of nitrogens with one attached hydrogen (secondary N) is 1. The number of nitriles is 1. The van der Waals surface area contributed by atoms with Crippen molar-refractivity contribution in [3.05, 3.63) is 35.1 Å². The molecule has 0 atom stereocenters. The van der Waals surface area contributed by atoms with Crippen LogP contribution < -0.4 is 5.32 Å². The van der Waals surface area contributed by atoms with E-state index in [9.17, 15) is 26.7 Å². The Hall–Kier alpha value is -2.17. The first-order valence-electron chi connectivity index (χ1n) is 4.91. The van der Waals surface area contributed by atoms with Gasteiger partial charge in [-0.1, -0.05) is 6.07 Å². The van der Waals surface area contributed by atoms with Gasteiger partial charge in [-0.05, 0) is 12.1 Å². The summed E-state index contributed by atoms with van der Waals surface area (Å²) < 4.78 is 62.1. The molecule has 0 aliphatic carbocycles. The van der Waals surface area contributed by atoms with Crippen LogP contribution in [0.5, 0.6) is 0 Å². The summed E-state index contributed by atoms with van der Waals surface area (Å²) in [5.41, 5.74) is -0.192. The maximum Gasteiger partial charge on any atom is 0.383 e. The summed E-state index contributed by atoms with van der Waals surface area (Å²) in [6.07, 6.45) is -4.14. The second kappa shape index (κ2) is 5.65. The Bertz CT molecular complexity index is 524. The second-order valence-electron chi connectivity index (χ2n) is 3.52. The molecule has 1 amide bonds. The van der Waals surface area contributed by atoms with Crippen LogP contribution in [-0.2, 0) is 11.3 Å². The van der Waals surface area contributed by atoms with Gasteiger partial charge in [0.2, 0.25) is 0 Å². The van der Waals surface area contributed by atoms with Crippen molar-refractivity contribution in [2.24, 2.45) is 0 Å². The zero-order valence-corrected chi connectivity index (χ0v) is 9.26. The monoisotopic (exact) mass is 278 g/mol. The third-order valence-electron chi connectivity index (χ3n) is 2.20. The normalized spacial score (nSPS) is 11.2. The molecule has 0 aliphatic heterocycles. The van der Waals surface area contributed by atoms with Gasteiger partial charge in [0, 0.05) is 12.1 Å². The number of hydrogen-bond donors (Lipinski definition) is 1. The maximum absolute atomic E-state index is 13.3. The molecular weight excluding hydrogens is 271 g/mol. The number of carbonyl (C=O) groups excluding carboxylic acids is 1. The highest BCUT2D eigenvalue weighted by atomic mass is 19.3. The number of nitrogens with zero attached hydrogens (tertiary/aromatic N) is 1. The molecule has 1 N–H and O–H groups in total. The minimum absolute atomic E-state index is 0.00508. The van der Waals surface area contributed by atoms with Crippen LogP contribution in [0.4, 0.5) is 22.0 Å². The van der Waals surface area contributed by atoms with Gasteiger partial charge in [-0.25, -0.2) is 13.2 Å². The lowest BCUT2D eigenvalue weighted by molar-refractivity contribution is -0.169. The van der Waals surface area contributed by atoms with Crippen LogP contribution in [0.1, 0.15) is 11.1 Å². The zero-order chi connectivity index (χ0) is 14.6. The highest BCUT2D eigenvalue weighted by molar-refractivity contribution is 5.83. The fourth-order valence-electron chi connectivity index (χ4n) is 1.15. The molecule has 1 aromatic carbocycles. The maximum atomic E-state index is 13.3. The van der Waals surface area contributed by atoms with Gasteiger partial charge in [-0.3, -0.25) is 4.79 Å².